The Morgan fingerprint density at radius 2 is 1.62 bits per heavy atom. The van der Waals surface area contributed by atoms with Gasteiger partial charge in [-0.25, -0.2) is 0 Å². The minimum absolute atomic E-state index is 0.0949. The first-order valence-electron chi connectivity index (χ1n) is 7.08. The van der Waals surface area contributed by atoms with E-state index < -0.39 is 17.2 Å². The summed E-state index contributed by atoms with van der Waals surface area (Å²) in [6.07, 6.45) is 1.45. The fourth-order valence-corrected chi connectivity index (χ4v) is 2.86. The van der Waals surface area contributed by atoms with Gasteiger partial charge >= 0.3 is 0 Å². The zero-order valence-electron chi connectivity index (χ0n) is 13.1. The Labute approximate surface area is 167 Å². The fourth-order valence-electron chi connectivity index (χ4n) is 2.04. The number of thiocarbonyl (C=S) groups is 1. The molecule has 9 heteroatoms. The van der Waals surface area contributed by atoms with E-state index in [1.54, 1.807) is 6.07 Å². The van der Waals surface area contributed by atoms with Crippen molar-refractivity contribution in [2.45, 2.75) is 6.54 Å². The molecule has 0 unspecified atom stereocenters. The van der Waals surface area contributed by atoms with Gasteiger partial charge in [0.05, 0.1) is 9.14 Å². The summed E-state index contributed by atoms with van der Waals surface area (Å²) in [5.41, 5.74) is 1.03. The lowest BCUT2D eigenvalue weighted by Crippen LogP contribution is -2.22. The molecule has 6 N–H and O–H groups in total. The predicted molar refractivity (Wildman–Crippen MR) is 107 cm³/mol. The Morgan fingerprint density at radius 1 is 1.04 bits per heavy atom. The van der Waals surface area contributed by atoms with Crippen LogP contribution in [-0.4, -0.2) is 30.5 Å². The first-order valence-corrected chi connectivity index (χ1v) is 8.57. The van der Waals surface area contributed by atoms with Crippen LogP contribution in [0, 0.1) is 14.9 Å². The minimum atomic E-state index is -0.615. The van der Waals surface area contributed by atoms with Crippen LogP contribution in [0.3, 0.4) is 0 Å². The van der Waals surface area contributed by atoms with Gasteiger partial charge in [0.15, 0.2) is 28.7 Å². The molecule has 0 heterocycles. The molecule has 26 heavy (non-hydrogen) atoms. The number of hydrogen-bond acceptors (Lipinski definition) is 7. The van der Waals surface area contributed by atoms with Crippen molar-refractivity contribution < 1.29 is 25.5 Å². The van der Waals surface area contributed by atoms with E-state index in [-0.39, 0.29) is 28.6 Å². The van der Waals surface area contributed by atoms with Crippen LogP contribution in [0.5, 0.6) is 28.7 Å². The normalized spacial score (nSPS) is 11.0. The molecule has 0 aliphatic heterocycles. The number of aromatic hydroxyl groups is 5. The van der Waals surface area contributed by atoms with Gasteiger partial charge in [-0.1, -0.05) is 12.2 Å². The highest BCUT2D eigenvalue weighted by molar-refractivity contribution is 14.1. The summed E-state index contributed by atoms with van der Waals surface area (Å²) in [5.74, 6) is -2.12. The molecule has 0 atom stereocenters. The Bertz CT molecular complexity index is 907. The summed E-state index contributed by atoms with van der Waals surface area (Å²) in [7, 11) is 0. The molecule has 0 aliphatic carbocycles. The van der Waals surface area contributed by atoms with Gasteiger partial charge < -0.3 is 30.8 Å². The lowest BCUT2D eigenvalue weighted by Gasteiger charge is -2.09. The van der Waals surface area contributed by atoms with Crippen LogP contribution < -0.4 is 5.32 Å². The molecule has 134 valence electrons. The number of rotatable bonds is 4. The fraction of sp³-hybridized carbons (Fsp3) is 0.0588. The third-order valence-corrected chi connectivity index (χ3v) is 4.51. The van der Waals surface area contributed by atoms with Crippen molar-refractivity contribution in [1.82, 2.24) is 5.32 Å². The number of phenolic OH excluding ortho intramolecular Hbond substituents is 5. The van der Waals surface area contributed by atoms with Crippen LogP contribution in [0.1, 0.15) is 11.1 Å². The summed E-state index contributed by atoms with van der Waals surface area (Å²) in [4.78, 5) is 0.113. The standard InChI is InChI=1S/C17H13IN2O5S/c18-11-2-8(3-12(21)15(11)24)1-10(6-19)17(26)20-7-9-4-13(22)16(25)14(23)5-9/h1-5,21-25H,7H2,(H,20,26)/b10-1-. The van der Waals surface area contributed by atoms with Crippen LogP contribution in [0.2, 0.25) is 0 Å². The lowest BCUT2D eigenvalue weighted by molar-refractivity contribution is 0.367. The monoisotopic (exact) mass is 484 g/mol. The third kappa shape index (κ3) is 4.47. The van der Waals surface area contributed by atoms with E-state index in [0.29, 0.717) is 14.7 Å². The van der Waals surface area contributed by atoms with Gasteiger partial charge in [0.25, 0.3) is 0 Å². The number of nitrogens with zero attached hydrogens (tertiary/aromatic N) is 1. The van der Waals surface area contributed by atoms with Crippen molar-refractivity contribution >= 4 is 45.9 Å². The molecule has 0 aromatic heterocycles. The largest absolute Gasteiger partial charge is 0.504 e. The zero-order valence-corrected chi connectivity index (χ0v) is 16.0. The van der Waals surface area contributed by atoms with Crippen LogP contribution in [0.15, 0.2) is 29.8 Å². The molecule has 0 aliphatic rings. The Kier molecular flexibility index (Phi) is 6.12. The number of phenols is 5. The lowest BCUT2D eigenvalue weighted by atomic mass is 10.1. The Hall–Kier alpha value is -2.71. The molecule has 0 fully saturated rings. The maximum absolute atomic E-state index is 9.65. The van der Waals surface area contributed by atoms with Crippen LogP contribution in [0.4, 0.5) is 0 Å². The molecular weight excluding hydrogens is 471 g/mol. The van der Waals surface area contributed by atoms with E-state index in [2.05, 4.69) is 5.32 Å². The van der Waals surface area contributed by atoms with Crippen LogP contribution >= 0.6 is 34.8 Å². The van der Waals surface area contributed by atoms with Gasteiger partial charge in [-0.15, -0.1) is 0 Å². The van der Waals surface area contributed by atoms with Crippen molar-refractivity contribution in [3.05, 3.63) is 44.5 Å². The molecule has 0 bridgehead atoms. The Morgan fingerprint density at radius 3 is 2.15 bits per heavy atom. The molecule has 2 aromatic rings. The maximum Gasteiger partial charge on any atom is 0.200 e. The smallest absolute Gasteiger partial charge is 0.200 e. The second kappa shape index (κ2) is 8.11. The summed E-state index contributed by atoms with van der Waals surface area (Å²) in [6.45, 7) is 0.0949. The van der Waals surface area contributed by atoms with Gasteiger partial charge in [-0.2, -0.15) is 5.26 Å². The average molecular weight is 484 g/mol. The van der Waals surface area contributed by atoms with Crippen molar-refractivity contribution in [2.75, 3.05) is 0 Å². The van der Waals surface area contributed by atoms with Crippen LogP contribution in [-0.2, 0) is 6.54 Å². The SMILES string of the molecule is N#C/C(=C/c1cc(O)c(O)c(I)c1)C(=S)NCc1cc(O)c(O)c(O)c1. The zero-order chi connectivity index (χ0) is 19.4. The van der Waals surface area contributed by atoms with Gasteiger partial charge in [-0.05, 0) is 64.1 Å². The quantitative estimate of drug-likeness (QED) is 0.128. The Balaban J connectivity index is 2.18. The van der Waals surface area contributed by atoms with Crippen molar-refractivity contribution in [2.24, 2.45) is 0 Å². The average Bonchev–Trinajstić information content (AvgIpc) is 2.59. The highest BCUT2D eigenvalue weighted by Crippen LogP contribution is 2.35. The van der Waals surface area contributed by atoms with E-state index in [0.717, 1.165) is 0 Å². The van der Waals surface area contributed by atoms with E-state index in [4.69, 9.17) is 12.2 Å². The first kappa shape index (κ1) is 19.6. The molecule has 0 saturated carbocycles. The molecule has 0 amide bonds. The first-order chi connectivity index (χ1) is 12.2. The van der Waals surface area contributed by atoms with Crippen molar-refractivity contribution in [1.29, 1.82) is 5.26 Å². The number of hydrogen-bond donors (Lipinski definition) is 6. The second-order valence-corrected chi connectivity index (χ2v) is 6.78. The molecule has 7 nitrogen and oxygen atoms in total. The van der Waals surface area contributed by atoms with E-state index in [1.165, 1.54) is 24.3 Å². The van der Waals surface area contributed by atoms with Gasteiger partial charge in [0.2, 0.25) is 0 Å². The summed E-state index contributed by atoms with van der Waals surface area (Å²) in [6, 6.07) is 7.32. The van der Waals surface area contributed by atoms with E-state index in [9.17, 15) is 30.8 Å². The number of nitriles is 1. The summed E-state index contributed by atoms with van der Waals surface area (Å²) >= 11 is 7.01. The molecule has 0 spiro atoms. The number of halogens is 1. The van der Waals surface area contributed by atoms with Crippen molar-refractivity contribution in [3.63, 3.8) is 0 Å². The summed E-state index contributed by atoms with van der Waals surface area (Å²) < 4.78 is 0.417. The highest BCUT2D eigenvalue weighted by atomic mass is 127. The number of benzene rings is 2. The number of nitrogens with one attached hydrogen (secondary N) is 1. The van der Waals surface area contributed by atoms with E-state index in [1.807, 2.05) is 28.7 Å². The molecule has 0 radical (unpaired) electrons. The van der Waals surface area contributed by atoms with Gasteiger partial charge in [-0.3, -0.25) is 0 Å². The van der Waals surface area contributed by atoms with Crippen molar-refractivity contribution in [3.8, 4) is 34.8 Å². The second-order valence-electron chi connectivity index (χ2n) is 5.21. The topological polar surface area (TPSA) is 137 Å². The molecule has 2 rings (SSSR count). The molecular formula is C17H13IN2O5S. The molecule has 2 aromatic carbocycles. The van der Waals surface area contributed by atoms with Crippen LogP contribution in [0.25, 0.3) is 6.08 Å². The molecule has 0 saturated heterocycles. The van der Waals surface area contributed by atoms with E-state index >= 15 is 0 Å². The minimum Gasteiger partial charge on any atom is -0.504 e. The summed E-state index contributed by atoms with van der Waals surface area (Å²) in [5, 5.41) is 59.6. The third-order valence-electron chi connectivity index (χ3n) is 3.32. The predicted octanol–water partition coefficient (Wildman–Crippen LogP) is 2.84. The van der Waals surface area contributed by atoms with Gasteiger partial charge in [0, 0.05) is 6.54 Å². The maximum atomic E-state index is 9.65. The highest BCUT2D eigenvalue weighted by Gasteiger charge is 2.11. The van der Waals surface area contributed by atoms with Gasteiger partial charge in [0.1, 0.15) is 11.1 Å².